The molecule has 5 rings (SSSR count). The number of nitrogens with one attached hydrogen (secondary N) is 3. The highest BCUT2D eigenvalue weighted by Gasteiger charge is 2.30. The molecule has 0 unspecified atom stereocenters. The molecule has 1 fully saturated rings. The fourth-order valence-electron chi connectivity index (χ4n) is 5.25. The van der Waals surface area contributed by atoms with Gasteiger partial charge in [0.2, 0.25) is 5.91 Å². The number of aromatic carboxylic acids is 1. The normalized spacial score (nSPS) is 16.0. The van der Waals surface area contributed by atoms with Crippen LogP contribution in [0.25, 0.3) is 11.3 Å². The molecule has 2 heterocycles. The first-order valence-corrected chi connectivity index (χ1v) is 13.8. The second-order valence-corrected chi connectivity index (χ2v) is 10.4. The minimum atomic E-state index is -1.06. The van der Waals surface area contributed by atoms with Gasteiger partial charge < -0.3 is 26.0 Å². The molecule has 0 aromatic heterocycles. The number of carboxylic acids is 1. The van der Waals surface area contributed by atoms with Crippen molar-refractivity contribution in [1.82, 2.24) is 15.1 Å². The number of carboxylic acid groups (broad SMARTS) is 1. The van der Waals surface area contributed by atoms with Crippen molar-refractivity contribution in [2.24, 2.45) is 0 Å². The average Bonchev–Trinajstić information content (AvgIpc) is 3.30. The lowest BCUT2D eigenvalue weighted by molar-refractivity contribution is -0.130. The molecule has 0 radical (unpaired) electrons. The Morgan fingerprint density at radius 3 is 2.26 bits per heavy atom. The van der Waals surface area contributed by atoms with Gasteiger partial charge in [-0.15, -0.1) is 0 Å². The standard InChI is InChI=1S/C32H33N5O5/c1-20-18-26-27(19-25(20)32(41)42)35-31(40)28(26)29(22-6-4-3-5-7-22)34-24-10-8-23(9-11-24)30(39)33-12-13-36-14-16-37(17-15-36)21(2)38/h3-11,18-19,34H,12-17H2,1-2H3,(H,33,39)(H,35,40)(H,41,42)/b29-28-. The van der Waals surface area contributed by atoms with Crippen LogP contribution in [0.15, 0.2) is 66.7 Å². The first-order valence-electron chi connectivity index (χ1n) is 13.8. The third-order valence-electron chi connectivity index (χ3n) is 7.60. The number of carbonyl (C=O) groups is 4. The van der Waals surface area contributed by atoms with E-state index in [4.69, 9.17) is 0 Å². The largest absolute Gasteiger partial charge is 0.478 e. The number of piperazine rings is 1. The van der Waals surface area contributed by atoms with Gasteiger partial charge in [-0.05, 0) is 54.4 Å². The van der Waals surface area contributed by atoms with Crippen molar-refractivity contribution < 1.29 is 24.3 Å². The Morgan fingerprint density at radius 2 is 1.62 bits per heavy atom. The lowest BCUT2D eigenvalue weighted by Crippen LogP contribution is -2.49. The molecule has 3 aromatic carbocycles. The predicted octanol–water partition coefficient (Wildman–Crippen LogP) is 3.52. The van der Waals surface area contributed by atoms with Crippen LogP contribution in [0.1, 0.15) is 44.3 Å². The van der Waals surface area contributed by atoms with E-state index in [0.717, 1.165) is 18.7 Å². The fourth-order valence-corrected chi connectivity index (χ4v) is 5.25. The summed E-state index contributed by atoms with van der Waals surface area (Å²) in [6.07, 6.45) is 0. The topological polar surface area (TPSA) is 131 Å². The number of aryl methyl sites for hydroxylation is 1. The molecular weight excluding hydrogens is 534 g/mol. The third-order valence-corrected chi connectivity index (χ3v) is 7.60. The Balaban J connectivity index is 1.31. The second-order valence-electron chi connectivity index (χ2n) is 10.4. The van der Waals surface area contributed by atoms with E-state index in [1.807, 2.05) is 35.2 Å². The SMILES string of the molecule is CC(=O)N1CCN(CCNC(=O)c2ccc(N/C(=C3\C(=O)Nc4cc(C(=O)O)c(C)cc43)c3ccccc3)cc2)CC1. The van der Waals surface area contributed by atoms with Crippen molar-refractivity contribution in [3.63, 3.8) is 0 Å². The molecule has 3 aromatic rings. The van der Waals surface area contributed by atoms with Gasteiger partial charge in [0, 0.05) is 63.0 Å². The smallest absolute Gasteiger partial charge is 0.336 e. The number of benzene rings is 3. The monoisotopic (exact) mass is 567 g/mol. The van der Waals surface area contributed by atoms with Gasteiger partial charge in [-0.3, -0.25) is 19.3 Å². The molecule has 10 nitrogen and oxygen atoms in total. The van der Waals surface area contributed by atoms with Crippen LogP contribution in [0.2, 0.25) is 0 Å². The molecule has 42 heavy (non-hydrogen) atoms. The Kier molecular flexibility index (Phi) is 8.35. The van der Waals surface area contributed by atoms with Crippen LogP contribution in [0, 0.1) is 6.92 Å². The number of anilines is 2. The summed E-state index contributed by atoms with van der Waals surface area (Å²) in [5.74, 6) is -1.48. The molecule has 0 saturated carbocycles. The molecule has 0 atom stereocenters. The van der Waals surface area contributed by atoms with Crippen LogP contribution in [-0.4, -0.2) is 77.9 Å². The first-order chi connectivity index (χ1) is 20.2. The number of rotatable bonds is 8. The van der Waals surface area contributed by atoms with Crippen molar-refractivity contribution >= 4 is 46.3 Å². The van der Waals surface area contributed by atoms with E-state index >= 15 is 0 Å². The van der Waals surface area contributed by atoms with E-state index in [2.05, 4.69) is 20.9 Å². The Morgan fingerprint density at radius 1 is 0.929 bits per heavy atom. The maximum absolute atomic E-state index is 13.2. The molecule has 3 amide bonds. The van der Waals surface area contributed by atoms with E-state index in [1.165, 1.54) is 6.07 Å². The third kappa shape index (κ3) is 6.18. The average molecular weight is 568 g/mol. The second kappa shape index (κ2) is 12.3. The molecule has 4 N–H and O–H groups in total. The molecule has 0 bridgehead atoms. The van der Waals surface area contributed by atoms with Gasteiger partial charge >= 0.3 is 5.97 Å². The molecule has 1 saturated heterocycles. The number of carbonyl (C=O) groups excluding carboxylic acids is 3. The van der Waals surface area contributed by atoms with Crippen LogP contribution in [-0.2, 0) is 9.59 Å². The van der Waals surface area contributed by atoms with Gasteiger partial charge in [-0.2, -0.15) is 0 Å². The number of hydrogen-bond donors (Lipinski definition) is 4. The maximum atomic E-state index is 13.2. The number of nitrogens with zero attached hydrogens (tertiary/aromatic N) is 2. The molecule has 0 aliphatic carbocycles. The predicted molar refractivity (Wildman–Crippen MR) is 161 cm³/mol. The summed E-state index contributed by atoms with van der Waals surface area (Å²) in [4.78, 5) is 53.2. The minimum Gasteiger partial charge on any atom is -0.478 e. The Labute approximate surface area is 244 Å². The van der Waals surface area contributed by atoms with Gasteiger partial charge in [-0.1, -0.05) is 30.3 Å². The van der Waals surface area contributed by atoms with Crippen LogP contribution in [0.3, 0.4) is 0 Å². The van der Waals surface area contributed by atoms with Gasteiger partial charge in [0.1, 0.15) is 0 Å². The van der Waals surface area contributed by atoms with Gasteiger partial charge in [0.25, 0.3) is 11.8 Å². The zero-order valence-corrected chi connectivity index (χ0v) is 23.6. The maximum Gasteiger partial charge on any atom is 0.336 e. The summed E-state index contributed by atoms with van der Waals surface area (Å²) in [6, 6.07) is 19.6. The zero-order chi connectivity index (χ0) is 29.8. The van der Waals surface area contributed by atoms with Crippen molar-refractivity contribution in [3.8, 4) is 0 Å². The van der Waals surface area contributed by atoms with Crippen LogP contribution >= 0.6 is 0 Å². The van der Waals surface area contributed by atoms with Gasteiger partial charge in [0.15, 0.2) is 0 Å². The Hall–Kier alpha value is -4.96. The summed E-state index contributed by atoms with van der Waals surface area (Å²) < 4.78 is 0. The van der Waals surface area contributed by atoms with Crippen LogP contribution in [0.4, 0.5) is 11.4 Å². The molecule has 216 valence electrons. The van der Waals surface area contributed by atoms with Crippen molar-refractivity contribution in [3.05, 3.63) is 94.5 Å². The van der Waals surface area contributed by atoms with Crippen molar-refractivity contribution in [2.45, 2.75) is 13.8 Å². The highest BCUT2D eigenvalue weighted by atomic mass is 16.4. The fraction of sp³-hybridized carbons (Fsp3) is 0.250. The van der Waals surface area contributed by atoms with E-state index < -0.39 is 5.97 Å². The molecular formula is C32H33N5O5. The van der Waals surface area contributed by atoms with Gasteiger partial charge in [-0.25, -0.2) is 4.79 Å². The lowest BCUT2D eigenvalue weighted by Gasteiger charge is -2.34. The van der Waals surface area contributed by atoms with E-state index in [9.17, 15) is 24.3 Å². The highest BCUT2D eigenvalue weighted by molar-refractivity contribution is 6.37. The Bertz CT molecular complexity index is 1560. The summed E-state index contributed by atoms with van der Waals surface area (Å²) in [5.41, 5.74) is 4.69. The van der Waals surface area contributed by atoms with Crippen molar-refractivity contribution in [1.29, 1.82) is 0 Å². The molecule has 2 aliphatic heterocycles. The number of amides is 3. The van der Waals surface area contributed by atoms with E-state index in [1.54, 1.807) is 44.2 Å². The molecule has 2 aliphatic rings. The summed E-state index contributed by atoms with van der Waals surface area (Å²) in [7, 11) is 0. The first kappa shape index (κ1) is 28.6. The highest BCUT2D eigenvalue weighted by Crippen LogP contribution is 2.39. The molecule has 0 spiro atoms. The van der Waals surface area contributed by atoms with Crippen molar-refractivity contribution in [2.75, 3.05) is 49.9 Å². The van der Waals surface area contributed by atoms with E-state index in [0.29, 0.717) is 65.5 Å². The lowest BCUT2D eigenvalue weighted by atomic mass is 9.96. The molecule has 10 heteroatoms. The summed E-state index contributed by atoms with van der Waals surface area (Å²) in [5, 5.41) is 18.7. The van der Waals surface area contributed by atoms with Crippen LogP contribution in [0.5, 0.6) is 0 Å². The minimum absolute atomic E-state index is 0.0914. The van der Waals surface area contributed by atoms with E-state index in [-0.39, 0.29) is 23.3 Å². The number of hydrogen-bond acceptors (Lipinski definition) is 6. The quantitative estimate of drug-likeness (QED) is 0.307. The summed E-state index contributed by atoms with van der Waals surface area (Å²) in [6.45, 7) is 7.49. The van der Waals surface area contributed by atoms with Crippen LogP contribution < -0.4 is 16.0 Å². The van der Waals surface area contributed by atoms with Gasteiger partial charge in [0.05, 0.1) is 22.5 Å². The number of fused-ring (bicyclic) bond motifs is 1. The zero-order valence-electron chi connectivity index (χ0n) is 23.6. The summed E-state index contributed by atoms with van der Waals surface area (Å²) >= 11 is 0.